The van der Waals surface area contributed by atoms with Crippen LogP contribution in [0.5, 0.6) is 0 Å². The number of hydrogen-bond acceptors (Lipinski definition) is 6. The number of carbonyl (C=O) groups excluding carboxylic acids is 3. The van der Waals surface area contributed by atoms with Gasteiger partial charge in [-0.1, -0.05) is 77.2 Å². The Morgan fingerprint density at radius 3 is 2.33 bits per heavy atom. The van der Waals surface area contributed by atoms with Gasteiger partial charge in [0.2, 0.25) is 17.7 Å². The van der Waals surface area contributed by atoms with Crippen LogP contribution in [-0.2, 0) is 27.1 Å². The van der Waals surface area contributed by atoms with Crippen LogP contribution in [0.25, 0.3) is 0 Å². The molecule has 0 spiro atoms. The second-order valence-electron chi connectivity index (χ2n) is 10.1. The minimum Gasteiger partial charge on any atom is -0.324 e. The van der Waals surface area contributed by atoms with Crippen LogP contribution >= 0.6 is 34.7 Å². The molecule has 220 valence electrons. The Hall–Kier alpha value is -3.87. The van der Waals surface area contributed by atoms with E-state index in [-0.39, 0.29) is 6.54 Å². The van der Waals surface area contributed by atoms with Crippen LogP contribution in [0.3, 0.4) is 0 Å². The Balaban J connectivity index is 1.44. The summed E-state index contributed by atoms with van der Waals surface area (Å²) in [6.45, 7) is 1.46. The number of aromatic nitrogens is 1. The molecule has 2 aliphatic heterocycles. The molecule has 0 radical (unpaired) electrons. The maximum absolute atomic E-state index is 13.9. The maximum atomic E-state index is 13.9. The Morgan fingerprint density at radius 1 is 0.953 bits per heavy atom. The number of hydrogen-bond donors (Lipinski definition) is 1. The average molecular weight is 644 g/mol. The molecule has 0 aliphatic carbocycles. The zero-order valence-corrected chi connectivity index (χ0v) is 24.6. The molecule has 3 aromatic carbocycles. The first-order valence-electron chi connectivity index (χ1n) is 13.0. The van der Waals surface area contributed by atoms with Crippen LogP contribution in [0, 0.1) is 12.8 Å². The number of fused-ring (bicyclic) bond motifs is 2. The third kappa shape index (κ3) is 5.17. The molecule has 0 unspecified atom stereocenters. The molecule has 1 N–H and O–H groups in total. The molecular weight excluding hydrogens is 623 g/mol. The van der Waals surface area contributed by atoms with E-state index in [0.29, 0.717) is 31.1 Å². The van der Waals surface area contributed by atoms with Gasteiger partial charge in [0.1, 0.15) is 11.8 Å². The van der Waals surface area contributed by atoms with Gasteiger partial charge in [0.05, 0.1) is 22.2 Å². The number of para-hydroxylation sites is 2. The van der Waals surface area contributed by atoms with Gasteiger partial charge < -0.3 is 5.32 Å². The minimum atomic E-state index is -4.81. The van der Waals surface area contributed by atoms with Crippen molar-refractivity contribution < 1.29 is 27.6 Å². The van der Waals surface area contributed by atoms with Crippen LogP contribution < -0.4 is 15.1 Å². The van der Waals surface area contributed by atoms with Crippen LogP contribution in [0.15, 0.2) is 82.6 Å². The van der Waals surface area contributed by atoms with Crippen LogP contribution in [0.4, 0.5) is 24.5 Å². The number of aryl methyl sites for hydroxylation is 1. The third-order valence-corrected chi connectivity index (χ3v) is 10.3. The van der Waals surface area contributed by atoms with Gasteiger partial charge in [0.25, 0.3) is 0 Å². The smallest absolute Gasteiger partial charge is 0.324 e. The molecule has 6 rings (SSSR count). The molecule has 3 atom stereocenters. The molecule has 4 aromatic rings. The lowest BCUT2D eigenvalue weighted by molar-refractivity contribution is -0.137. The van der Waals surface area contributed by atoms with Gasteiger partial charge in [-0.15, -0.1) is 0 Å². The molecule has 1 fully saturated rings. The first-order valence-corrected chi connectivity index (χ1v) is 15.1. The zero-order chi connectivity index (χ0) is 30.6. The van der Waals surface area contributed by atoms with Crippen molar-refractivity contribution >= 4 is 63.8 Å². The number of nitrogens with one attached hydrogen (secondary N) is 1. The van der Waals surface area contributed by atoms with E-state index in [1.165, 1.54) is 16.7 Å². The lowest BCUT2D eigenvalue weighted by Crippen LogP contribution is -2.33. The molecule has 0 bridgehead atoms. The Labute approximate surface area is 256 Å². The number of thioether (sulfide) groups is 1. The summed E-state index contributed by atoms with van der Waals surface area (Å²) in [4.78, 5) is 54.7. The molecule has 43 heavy (non-hydrogen) atoms. The van der Waals surface area contributed by atoms with Crippen molar-refractivity contribution in [3.8, 4) is 0 Å². The van der Waals surface area contributed by atoms with Gasteiger partial charge in [-0.25, -0.2) is 4.90 Å². The van der Waals surface area contributed by atoms with E-state index in [2.05, 4.69) is 5.32 Å². The number of rotatable bonds is 5. The number of nitrogens with zero attached hydrogens (tertiary/aromatic N) is 2. The molecule has 13 heteroatoms. The second kappa shape index (κ2) is 11.0. The van der Waals surface area contributed by atoms with Crippen molar-refractivity contribution in [3.63, 3.8) is 0 Å². The molecule has 1 aromatic heterocycles. The molecule has 2 aliphatic rings. The Morgan fingerprint density at radius 2 is 1.63 bits per heavy atom. The van der Waals surface area contributed by atoms with Crippen LogP contribution in [-0.4, -0.2) is 27.5 Å². The third-order valence-electron chi connectivity index (χ3n) is 7.45. The normalized spacial score (nSPS) is 19.7. The highest BCUT2D eigenvalue weighted by atomic mass is 35.5. The molecule has 0 saturated carbocycles. The van der Waals surface area contributed by atoms with Gasteiger partial charge in [0.15, 0.2) is 0 Å². The van der Waals surface area contributed by atoms with Crippen molar-refractivity contribution in [3.05, 3.63) is 109 Å². The SMILES string of the molecule is Cc1ccccc1NC(=O)Cn1c2c(sc1=O)[C@@H](c1ccc(Cl)cc1)[C@@H]1C(=O)N(c3ccccc3C(F)(F)F)C(=O)[C@@H]1S2. The molecule has 7 nitrogen and oxygen atoms in total. The number of amides is 3. The number of anilines is 2. The van der Waals surface area contributed by atoms with Gasteiger partial charge in [-0.05, 0) is 48.4 Å². The van der Waals surface area contributed by atoms with Crippen molar-refractivity contribution in [1.82, 2.24) is 4.57 Å². The fourth-order valence-electron chi connectivity index (χ4n) is 5.48. The largest absolute Gasteiger partial charge is 0.418 e. The second-order valence-corrected chi connectivity index (χ2v) is 12.7. The lowest BCUT2D eigenvalue weighted by atomic mass is 9.83. The predicted octanol–water partition coefficient (Wildman–Crippen LogP) is 6.32. The Bertz CT molecular complexity index is 1840. The highest BCUT2D eigenvalue weighted by Crippen LogP contribution is 2.54. The van der Waals surface area contributed by atoms with E-state index in [0.717, 1.165) is 40.8 Å². The first kappa shape index (κ1) is 29.2. The summed E-state index contributed by atoms with van der Waals surface area (Å²) in [7, 11) is 0. The van der Waals surface area contributed by atoms with E-state index in [1.807, 2.05) is 19.1 Å². The fraction of sp³-hybridized carbons (Fsp3) is 0.200. The minimum absolute atomic E-state index is 0.322. The number of thiazole rings is 1. The molecular formula is C30H21ClF3N3O4S2. The highest BCUT2D eigenvalue weighted by Gasteiger charge is 2.57. The standard InChI is InChI=1S/C30H21ClF3N3O4S2/c1-15-6-2-4-8-19(15)35-21(38)14-36-28-25(43-29(36)41)22(16-10-12-17(31)13-11-16)23-24(42-28)27(40)37(26(23)39)20-9-5-3-7-18(20)30(32,33)34/h2-13,22-24H,14H2,1H3,(H,35,38)/t22-,23-,24+/m0/s1. The number of halogens is 4. The Kier molecular flexibility index (Phi) is 7.47. The first-order chi connectivity index (χ1) is 20.5. The van der Waals surface area contributed by atoms with E-state index in [4.69, 9.17) is 11.6 Å². The van der Waals surface area contributed by atoms with Crippen LogP contribution in [0.2, 0.25) is 5.02 Å². The number of carbonyl (C=O) groups is 3. The summed E-state index contributed by atoms with van der Waals surface area (Å²) in [5.74, 6) is -4.03. The summed E-state index contributed by atoms with van der Waals surface area (Å²) in [6, 6.07) is 18.1. The van der Waals surface area contributed by atoms with Crippen molar-refractivity contribution in [1.29, 1.82) is 0 Å². The lowest BCUT2D eigenvalue weighted by Gasteiger charge is -2.30. The van der Waals surface area contributed by atoms with Crippen molar-refractivity contribution in [2.45, 2.75) is 35.8 Å². The fourth-order valence-corrected chi connectivity index (χ4v) is 8.38. The van der Waals surface area contributed by atoms with Crippen molar-refractivity contribution in [2.24, 2.45) is 5.92 Å². The predicted molar refractivity (Wildman–Crippen MR) is 159 cm³/mol. The monoisotopic (exact) mass is 643 g/mol. The zero-order valence-electron chi connectivity index (χ0n) is 22.2. The number of alkyl halides is 3. The van der Waals surface area contributed by atoms with E-state index in [1.54, 1.807) is 36.4 Å². The van der Waals surface area contributed by atoms with E-state index >= 15 is 0 Å². The quantitative estimate of drug-likeness (QED) is 0.257. The molecule has 3 amide bonds. The van der Waals surface area contributed by atoms with Gasteiger partial charge in [0, 0.05) is 21.5 Å². The number of imide groups is 1. The summed E-state index contributed by atoms with van der Waals surface area (Å²) in [6.07, 6.45) is -4.81. The summed E-state index contributed by atoms with van der Waals surface area (Å²) < 4.78 is 43.0. The van der Waals surface area contributed by atoms with E-state index in [9.17, 15) is 32.3 Å². The molecule has 1 saturated heterocycles. The van der Waals surface area contributed by atoms with Gasteiger partial charge in [-0.3, -0.25) is 23.7 Å². The van der Waals surface area contributed by atoms with Crippen LogP contribution in [0.1, 0.15) is 27.5 Å². The summed E-state index contributed by atoms with van der Waals surface area (Å²) in [5.41, 5.74) is 0.304. The highest BCUT2D eigenvalue weighted by molar-refractivity contribution is 8.00. The number of benzene rings is 3. The van der Waals surface area contributed by atoms with Gasteiger partial charge in [-0.2, -0.15) is 13.2 Å². The molecule has 3 heterocycles. The maximum Gasteiger partial charge on any atom is 0.418 e. The van der Waals surface area contributed by atoms with Gasteiger partial charge >= 0.3 is 11.0 Å². The topological polar surface area (TPSA) is 88.5 Å². The summed E-state index contributed by atoms with van der Waals surface area (Å²) >= 11 is 7.87. The van der Waals surface area contributed by atoms with E-state index < -0.39 is 57.1 Å². The average Bonchev–Trinajstić information content (AvgIpc) is 3.40. The van der Waals surface area contributed by atoms with Crippen molar-refractivity contribution in [2.75, 3.05) is 10.2 Å². The summed E-state index contributed by atoms with van der Waals surface area (Å²) in [5, 5.41) is 2.39.